The number of thiazole rings is 1. The van der Waals surface area contributed by atoms with Gasteiger partial charge in [-0.25, -0.2) is 0 Å². The van der Waals surface area contributed by atoms with E-state index >= 15 is 0 Å². The van der Waals surface area contributed by atoms with Crippen molar-refractivity contribution in [3.8, 4) is 0 Å². The molecule has 1 unspecified atom stereocenters. The first kappa shape index (κ1) is 15.4. The van der Waals surface area contributed by atoms with Gasteiger partial charge < -0.3 is 10.4 Å². The molecule has 0 radical (unpaired) electrons. The fraction of sp³-hybridized carbons (Fsp3) is 0.583. The van der Waals surface area contributed by atoms with E-state index in [1.54, 1.807) is 12.3 Å². The molecule has 1 aromatic rings. The van der Waals surface area contributed by atoms with Crippen LogP contribution >= 0.6 is 11.3 Å². The molecule has 0 fully saturated rings. The zero-order valence-corrected chi connectivity index (χ0v) is 11.8. The lowest BCUT2D eigenvalue weighted by atomic mass is 10.1. The highest BCUT2D eigenvalue weighted by Gasteiger charge is 2.10. The van der Waals surface area contributed by atoms with Crippen LogP contribution in [0.1, 0.15) is 25.5 Å². The molecule has 0 bridgehead atoms. The standard InChI is InChI=1S/C12H18N2O4S/c1-8(3-4-11(16)17)5-13-10(15)6-14-9(2)7-19-12(14)18/h7-8H,3-6H2,1-2H3,(H,13,15)(H,16,17). The number of carbonyl (C=O) groups is 2. The highest BCUT2D eigenvalue weighted by Crippen LogP contribution is 2.04. The number of nitrogens with one attached hydrogen (secondary N) is 1. The molecule has 1 aromatic heterocycles. The maximum atomic E-state index is 11.7. The van der Waals surface area contributed by atoms with Gasteiger partial charge in [0.05, 0.1) is 0 Å². The Bertz CT molecular complexity index is 506. The molecule has 19 heavy (non-hydrogen) atoms. The summed E-state index contributed by atoms with van der Waals surface area (Å²) in [5.41, 5.74) is 0.768. The zero-order chi connectivity index (χ0) is 14.4. The predicted octanol–water partition coefficient (Wildman–Crippen LogP) is 0.835. The van der Waals surface area contributed by atoms with Crippen molar-refractivity contribution >= 4 is 23.2 Å². The summed E-state index contributed by atoms with van der Waals surface area (Å²) in [4.78, 5) is 33.4. The Morgan fingerprint density at radius 2 is 2.21 bits per heavy atom. The van der Waals surface area contributed by atoms with E-state index in [0.717, 1.165) is 17.0 Å². The molecular weight excluding hydrogens is 268 g/mol. The second-order valence-corrected chi connectivity index (χ2v) is 5.39. The number of hydrogen-bond donors (Lipinski definition) is 2. The highest BCUT2D eigenvalue weighted by molar-refractivity contribution is 7.07. The van der Waals surface area contributed by atoms with Gasteiger partial charge in [-0.1, -0.05) is 18.3 Å². The molecule has 0 aliphatic rings. The van der Waals surface area contributed by atoms with Gasteiger partial charge in [0.25, 0.3) is 0 Å². The van der Waals surface area contributed by atoms with Gasteiger partial charge in [-0.15, -0.1) is 0 Å². The fourth-order valence-electron chi connectivity index (χ4n) is 1.56. The second-order valence-electron chi connectivity index (χ2n) is 4.57. The van der Waals surface area contributed by atoms with Gasteiger partial charge in [-0.05, 0) is 19.3 Å². The van der Waals surface area contributed by atoms with E-state index in [2.05, 4.69) is 5.32 Å². The van der Waals surface area contributed by atoms with Gasteiger partial charge in [-0.3, -0.25) is 19.0 Å². The van der Waals surface area contributed by atoms with Crippen molar-refractivity contribution in [1.29, 1.82) is 0 Å². The maximum Gasteiger partial charge on any atom is 0.307 e. The van der Waals surface area contributed by atoms with Gasteiger partial charge in [0.1, 0.15) is 6.54 Å². The van der Waals surface area contributed by atoms with Gasteiger partial charge in [0.15, 0.2) is 0 Å². The van der Waals surface area contributed by atoms with E-state index in [4.69, 9.17) is 5.11 Å². The molecule has 7 heteroatoms. The van der Waals surface area contributed by atoms with E-state index in [9.17, 15) is 14.4 Å². The number of rotatable bonds is 7. The third-order valence-electron chi connectivity index (χ3n) is 2.78. The lowest BCUT2D eigenvalue weighted by Gasteiger charge is -2.12. The van der Waals surface area contributed by atoms with Crippen molar-refractivity contribution < 1.29 is 14.7 Å². The minimum absolute atomic E-state index is 0.0137. The molecule has 0 aromatic carbocycles. The van der Waals surface area contributed by atoms with Crippen LogP contribution in [0.25, 0.3) is 0 Å². The first-order valence-electron chi connectivity index (χ1n) is 6.03. The number of carboxylic acid groups (broad SMARTS) is 1. The van der Waals surface area contributed by atoms with Gasteiger partial charge >= 0.3 is 10.8 Å². The summed E-state index contributed by atoms with van der Waals surface area (Å²) in [7, 11) is 0. The maximum absolute atomic E-state index is 11.7. The van der Waals surface area contributed by atoms with Crippen LogP contribution < -0.4 is 10.2 Å². The summed E-state index contributed by atoms with van der Waals surface area (Å²) in [6.07, 6.45) is 0.618. The van der Waals surface area contributed by atoms with Crippen molar-refractivity contribution in [2.75, 3.05) is 6.54 Å². The Balaban J connectivity index is 2.36. The number of nitrogens with zero attached hydrogens (tertiary/aromatic N) is 1. The third kappa shape index (κ3) is 5.25. The monoisotopic (exact) mass is 286 g/mol. The number of carbonyl (C=O) groups excluding carboxylic acids is 1. The summed E-state index contributed by atoms with van der Waals surface area (Å²) in [6, 6.07) is 0. The SMILES string of the molecule is Cc1csc(=O)n1CC(=O)NCC(C)CCC(=O)O. The minimum atomic E-state index is -0.835. The Labute approximate surface area is 115 Å². The molecule has 1 amide bonds. The quantitative estimate of drug-likeness (QED) is 0.777. The molecule has 0 saturated carbocycles. The molecule has 0 spiro atoms. The Morgan fingerprint density at radius 3 is 2.74 bits per heavy atom. The number of aliphatic carboxylic acids is 1. The van der Waals surface area contributed by atoms with Crippen molar-refractivity contribution in [3.63, 3.8) is 0 Å². The van der Waals surface area contributed by atoms with Crippen molar-refractivity contribution in [2.24, 2.45) is 5.92 Å². The van der Waals surface area contributed by atoms with Crippen LogP contribution in [0.3, 0.4) is 0 Å². The van der Waals surface area contributed by atoms with Crippen LogP contribution in [-0.2, 0) is 16.1 Å². The number of aromatic nitrogens is 1. The highest BCUT2D eigenvalue weighted by atomic mass is 32.1. The number of amides is 1. The summed E-state index contributed by atoms with van der Waals surface area (Å²) in [5.74, 6) is -0.968. The zero-order valence-electron chi connectivity index (χ0n) is 11.0. The first-order chi connectivity index (χ1) is 8.90. The first-order valence-corrected chi connectivity index (χ1v) is 6.91. The van der Waals surface area contributed by atoms with E-state index in [0.29, 0.717) is 13.0 Å². The number of hydrogen-bond acceptors (Lipinski definition) is 4. The summed E-state index contributed by atoms with van der Waals surface area (Å²) >= 11 is 1.07. The van der Waals surface area contributed by atoms with Crippen molar-refractivity contribution in [2.45, 2.75) is 33.2 Å². The van der Waals surface area contributed by atoms with Crippen molar-refractivity contribution in [3.05, 3.63) is 20.7 Å². The van der Waals surface area contributed by atoms with Crippen LogP contribution in [0.15, 0.2) is 10.2 Å². The lowest BCUT2D eigenvalue weighted by Crippen LogP contribution is -2.33. The van der Waals surface area contributed by atoms with E-state index in [1.165, 1.54) is 4.57 Å². The van der Waals surface area contributed by atoms with Crippen LogP contribution in [0.2, 0.25) is 0 Å². The summed E-state index contributed by atoms with van der Waals surface area (Å²) in [6.45, 7) is 4.09. The Morgan fingerprint density at radius 1 is 1.53 bits per heavy atom. The molecular formula is C12H18N2O4S. The molecule has 106 valence electrons. The summed E-state index contributed by atoms with van der Waals surface area (Å²) in [5, 5.41) is 13.0. The van der Waals surface area contributed by atoms with Crippen LogP contribution in [-0.4, -0.2) is 28.1 Å². The normalized spacial score (nSPS) is 12.1. The largest absolute Gasteiger partial charge is 0.481 e. The van der Waals surface area contributed by atoms with Gasteiger partial charge in [0.2, 0.25) is 5.91 Å². The molecule has 6 nitrogen and oxygen atoms in total. The van der Waals surface area contributed by atoms with Crippen LogP contribution in [0.4, 0.5) is 0 Å². The van der Waals surface area contributed by atoms with Crippen LogP contribution in [0, 0.1) is 12.8 Å². The number of carboxylic acids is 1. The van der Waals surface area contributed by atoms with Gasteiger partial charge in [-0.2, -0.15) is 0 Å². The fourth-order valence-corrected chi connectivity index (χ4v) is 2.29. The smallest absolute Gasteiger partial charge is 0.307 e. The molecule has 2 N–H and O–H groups in total. The topological polar surface area (TPSA) is 88.4 Å². The second kappa shape index (κ2) is 7.08. The Kier molecular flexibility index (Phi) is 5.75. The van der Waals surface area contributed by atoms with E-state index in [-0.39, 0.29) is 29.7 Å². The molecule has 1 heterocycles. The molecule has 0 aliphatic carbocycles. The van der Waals surface area contributed by atoms with Crippen LogP contribution in [0.5, 0.6) is 0 Å². The Hall–Kier alpha value is -1.63. The van der Waals surface area contributed by atoms with Crippen molar-refractivity contribution in [1.82, 2.24) is 9.88 Å². The van der Waals surface area contributed by atoms with E-state index < -0.39 is 5.97 Å². The predicted molar refractivity (Wildman–Crippen MR) is 72.4 cm³/mol. The molecule has 0 aliphatic heterocycles. The molecule has 1 rings (SSSR count). The number of aryl methyl sites for hydroxylation is 1. The molecule has 1 atom stereocenters. The minimum Gasteiger partial charge on any atom is -0.481 e. The average molecular weight is 286 g/mol. The van der Waals surface area contributed by atoms with Gasteiger partial charge in [0, 0.05) is 24.0 Å². The van der Waals surface area contributed by atoms with E-state index in [1.807, 2.05) is 6.92 Å². The molecule has 0 saturated heterocycles. The summed E-state index contributed by atoms with van der Waals surface area (Å²) < 4.78 is 1.42. The average Bonchev–Trinajstić information content (AvgIpc) is 2.65. The third-order valence-corrected chi connectivity index (χ3v) is 3.66. The lowest BCUT2D eigenvalue weighted by molar-refractivity contribution is -0.137.